The highest BCUT2D eigenvalue weighted by Gasteiger charge is 2.33. The van der Waals surface area contributed by atoms with Crippen molar-refractivity contribution in [3.63, 3.8) is 0 Å². The van der Waals surface area contributed by atoms with E-state index in [1.165, 1.54) is 12.1 Å². The van der Waals surface area contributed by atoms with E-state index < -0.39 is 23.5 Å². The molecule has 4 aromatic rings. The number of hydrogen-bond donors (Lipinski definition) is 3. The van der Waals surface area contributed by atoms with E-state index in [-0.39, 0.29) is 18.3 Å². The second-order valence-corrected chi connectivity index (χ2v) is 11.9. The number of ether oxygens (including phenoxy) is 1. The van der Waals surface area contributed by atoms with Gasteiger partial charge in [-0.2, -0.15) is 5.10 Å². The van der Waals surface area contributed by atoms with Crippen LogP contribution < -0.4 is 15.8 Å². The van der Waals surface area contributed by atoms with E-state index in [1.54, 1.807) is 47.2 Å². The summed E-state index contributed by atoms with van der Waals surface area (Å²) in [6, 6.07) is 15.0. The van der Waals surface area contributed by atoms with E-state index in [2.05, 4.69) is 10.4 Å². The van der Waals surface area contributed by atoms with Crippen molar-refractivity contribution in [2.45, 2.75) is 57.6 Å². The number of aromatic nitrogens is 2. The van der Waals surface area contributed by atoms with Gasteiger partial charge in [0.25, 0.3) is 5.91 Å². The molecule has 1 aliphatic rings. The van der Waals surface area contributed by atoms with Crippen molar-refractivity contribution < 1.29 is 23.8 Å². The lowest BCUT2D eigenvalue weighted by Gasteiger charge is -2.30. The highest BCUT2D eigenvalue weighted by atomic mass is 19.1. The number of carbonyl (C=O) groups excluding carboxylic acids is 2. The minimum Gasteiger partial charge on any atom is -0.496 e. The third-order valence-electron chi connectivity index (χ3n) is 8.18. The van der Waals surface area contributed by atoms with Gasteiger partial charge in [-0.05, 0) is 85.7 Å². The molecule has 0 spiro atoms. The maximum atomic E-state index is 14.0. The highest BCUT2D eigenvalue weighted by molar-refractivity contribution is 5.98. The molecule has 4 N–H and O–H groups in total. The first kappa shape index (κ1) is 30.0. The monoisotopic (exact) mass is 587 g/mol. The number of aliphatic hydroxyl groups excluding tert-OH is 1. The van der Waals surface area contributed by atoms with Crippen molar-refractivity contribution in [3.8, 4) is 11.4 Å². The van der Waals surface area contributed by atoms with Crippen LogP contribution in [0.4, 0.5) is 10.1 Å². The van der Waals surface area contributed by atoms with Crippen LogP contribution in [0.2, 0.25) is 0 Å². The SMILES string of the molecule is COc1ccc(F)cc1C(C)(C)CC(O)CNc1cc(C)cc2c1cnn2-c1cccc(C(=O)N2CCC[C@@H]2C(N)=O)c1. The van der Waals surface area contributed by atoms with Crippen molar-refractivity contribution in [1.29, 1.82) is 0 Å². The van der Waals surface area contributed by atoms with Crippen molar-refractivity contribution in [2.24, 2.45) is 5.73 Å². The van der Waals surface area contributed by atoms with Gasteiger partial charge in [0, 0.05) is 35.3 Å². The number of anilines is 1. The molecule has 1 saturated heterocycles. The molecule has 0 aliphatic carbocycles. The van der Waals surface area contributed by atoms with Crippen LogP contribution in [0.1, 0.15) is 54.6 Å². The van der Waals surface area contributed by atoms with Crippen molar-refractivity contribution >= 4 is 28.4 Å². The van der Waals surface area contributed by atoms with Crippen LogP contribution in [0.5, 0.6) is 5.75 Å². The second-order valence-electron chi connectivity index (χ2n) is 11.9. The number of primary amides is 1. The molecule has 10 heteroatoms. The number of carbonyl (C=O) groups is 2. The Morgan fingerprint density at radius 2 is 2.00 bits per heavy atom. The average Bonchev–Trinajstić information content (AvgIpc) is 3.63. The summed E-state index contributed by atoms with van der Waals surface area (Å²) in [6.45, 7) is 6.66. The lowest BCUT2D eigenvalue weighted by atomic mass is 9.79. The number of halogens is 1. The Labute approximate surface area is 250 Å². The number of likely N-dealkylation sites (tertiary alicyclic amines) is 1. The van der Waals surface area contributed by atoms with Crippen molar-refractivity contribution in [3.05, 3.63) is 83.3 Å². The average molecular weight is 588 g/mol. The number of nitrogens with two attached hydrogens (primary N) is 1. The first-order valence-corrected chi connectivity index (χ1v) is 14.4. The Morgan fingerprint density at radius 1 is 1.21 bits per heavy atom. The molecule has 226 valence electrons. The number of hydrogen-bond acceptors (Lipinski definition) is 6. The summed E-state index contributed by atoms with van der Waals surface area (Å²) in [5.74, 6) is -0.487. The number of nitrogens with one attached hydrogen (secondary N) is 1. The van der Waals surface area contributed by atoms with Gasteiger partial charge in [0.05, 0.1) is 30.6 Å². The summed E-state index contributed by atoms with van der Waals surface area (Å²) >= 11 is 0. The highest BCUT2D eigenvalue weighted by Crippen LogP contribution is 2.36. The van der Waals surface area contributed by atoms with E-state index >= 15 is 0 Å². The number of amides is 2. The molecule has 1 aliphatic heterocycles. The van der Waals surface area contributed by atoms with Crippen LogP contribution in [0, 0.1) is 12.7 Å². The predicted molar refractivity (Wildman–Crippen MR) is 164 cm³/mol. The summed E-state index contributed by atoms with van der Waals surface area (Å²) in [5.41, 5.74) is 9.49. The van der Waals surface area contributed by atoms with Crippen LogP contribution in [-0.2, 0) is 10.2 Å². The van der Waals surface area contributed by atoms with E-state index in [4.69, 9.17) is 10.5 Å². The van der Waals surface area contributed by atoms with E-state index in [0.29, 0.717) is 42.0 Å². The maximum Gasteiger partial charge on any atom is 0.254 e. The molecule has 2 amide bonds. The Balaban J connectivity index is 1.35. The third kappa shape index (κ3) is 6.19. The molecule has 1 aromatic heterocycles. The summed E-state index contributed by atoms with van der Waals surface area (Å²) in [4.78, 5) is 26.7. The number of nitrogens with zero attached hydrogens (tertiary/aromatic N) is 3. The van der Waals surface area contributed by atoms with Gasteiger partial charge in [-0.25, -0.2) is 9.07 Å². The molecule has 3 aromatic carbocycles. The van der Waals surface area contributed by atoms with Gasteiger partial charge in [-0.3, -0.25) is 9.59 Å². The van der Waals surface area contributed by atoms with Crippen LogP contribution in [0.15, 0.2) is 60.8 Å². The van der Waals surface area contributed by atoms with Gasteiger partial charge < -0.3 is 25.8 Å². The standard InChI is InChI=1S/C33H38FN5O4/c1-20-13-27(36-18-24(40)17-33(2,3)26-16-22(34)10-11-30(26)43-4)25-19-37-39(29(25)14-20)23-8-5-7-21(15-23)32(42)38-12-6-9-28(38)31(35)41/h5,7-8,10-11,13-16,19,24,28,36,40H,6,9,12,17-18H2,1-4H3,(H2,35,41)/t24?,28-/m1/s1. The fraction of sp³-hybridized carbons (Fsp3) is 0.364. The lowest BCUT2D eigenvalue weighted by molar-refractivity contribution is -0.121. The molecule has 2 heterocycles. The molecule has 2 atom stereocenters. The zero-order valence-electron chi connectivity index (χ0n) is 24.9. The van der Waals surface area contributed by atoms with Gasteiger partial charge in [0.2, 0.25) is 5.91 Å². The molecule has 0 radical (unpaired) electrons. The van der Waals surface area contributed by atoms with Gasteiger partial charge >= 0.3 is 0 Å². The Bertz CT molecular complexity index is 1670. The third-order valence-corrected chi connectivity index (χ3v) is 8.18. The normalized spacial score (nSPS) is 16.0. The number of aryl methyl sites for hydroxylation is 1. The van der Waals surface area contributed by atoms with Crippen LogP contribution in [-0.4, -0.2) is 63.9 Å². The smallest absolute Gasteiger partial charge is 0.254 e. The van der Waals surface area contributed by atoms with E-state index in [9.17, 15) is 19.1 Å². The van der Waals surface area contributed by atoms with Gasteiger partial charge in [-0.1, -0.05) is 19.9 Å². The summed E-state index contributed by atoms with van der Waals surface area (Å²) < 4.78 is 21.3. The molecule has 1 fully saturated rings. The molecule has 0 bridgehead atoms. The number of rotatable bonds is 10. The van der Waals surface area contributed by atoms with Crippen LogP contribution in [0.3, 0.4) is 0 Å². The Hall–Kier alpha value is -4.44. The van der Waals surface area contributed by atoms with Gasteiger partial charge in [0.15, 0.2) is 0 Å². The fourth-order valence-electron chi connectivity index (χ4n) is 6.07. The summed E-state index contributed by atoms with van der Waals surface area (Å²) in [5, 5.41) is 19.9. The zero-order valence-corrected chi connectivity index (χ0v) is 24.9. The summed E-state index contributed by atoms with van der Waals surface area (Å²) in [6.07, 6.45) is 2.71. The first-order valence-electron chi connectivity index (χ1n) is 14.4. The maximum absolute atomic E-state index is 14.0. The number of benzene rings is 3. The van der Waals surface area contributed by atoms with E-state index in [0.717, 1.165) is 28.6 Å². The lowest BCUT2D eigenvalue weighted by Crippen LogP contribution is -2.43. The van der Waals surface area contributed by atoms with Crippen molar-refractivity contribution in [2.75, 3.05) is 25.5 Å². The van der Waals surface area contributed by atoms with Crippen LogP contribution >= 0.6 is 0 Å². The minimum absolute atomic E-state index is 0.231. The second kappa shape index (κ2) is 12.0. The molecule has 0 saturated carbocycles. The Kier molecular flexibility index (Phi) is 8.41. The Morgan fingerprint density at radius 3 is 2.74 bits per heavy atom. The van der Waals surface area contributed by atoms with Gasteiger partial charge in [-0.15, -0.1) is 0 Å². The summed E-state index contributed by atoms with van der Waals surface area (Å²) in [7, 11) is 1.55. The minimum atomic E-state index is -0.730. The molecular weight excluding hydrogens is 549 g/mol. The van der Waals surface area contributed by atoms with Crippen LogP contribution in [0.25, 0.3) is 16.6 Å². The molecule has 5 rings (SSSR count). The zero-order chi connectivity index (χ0) is 30.9. The molecular formula is C33H38FN5O4. The first-order chi connectivity index (χ1) is 20.5. The predicted octanol–water partition coefficient (Wildman–Crippen LogP) is 4.71. The molecule has 43 heavy (non-hydrogen) atoms. The fourth-order valence-corrected chi connectivity index (χ4v) is 6.07. The van der Waals surface area contributed by atoms with Crippen molar-refractivity contribution in [1.82, 2.24) is 14.7 Å². The van der Waals surface area contributed by atoms with Gasteiger partial charge in [0.1, 0.15) is 17.6 Å². The number of aliphatic hydroxyl groups is 1. The largest absolute Gasteiger partial charge is 0.496 e. The number of methoxy groups -OCH3 is 1. The topological polar surface area (TPSA) is 123 Å². The quantitative estimate of drug-likeness (QED) is 0.247. The molecule has 1 unspecified atom stereocenters. The number of fused-ring (bicyclic) bond motifs is 1. The molecule has 9 nitrogen and oxygen atoms in total. The van der Waals surface area contributed by atoms with E-state index in [1.807, 2.05) is 39.0 Å².